The smallest absolute Gasteiger partial charge is 0.232 e. The van der Waals surface area contributed by atoms with E-state index >= 15 is 0 Å². The number of aryl methyl sites for hydroxylation is 1. The van der Waals surface area contributed by atoms with Gasteiger partial charge >= 0.3 is 0 Å². The average molecular weight is 374 g/mol. The van der Waals surface area contributed by atoms with E-state index in [1.54, 1.807) is 36.1 Å². The lowest BCUT2D eigenvalue weighted by atomic mass is 9.89. The molecule has 4 aromatic rings. The van der Waals surface area contributed by atoms with Gasteiger partial charge in [0.05, 0.1) is 11.6 Å². The first kappa shape index (κ1) is 16.3. The van der Waals surface area contributed by atoms with Crippen LogP contribution in [0.1, 0.15) is 23.8 Å². The van der Waals surface area contributed by atoms with Crippen LogP contribution >= 0.6 is 11.3 Å². The number of aromatic nitrogens is 4. The molecule has 1 aliphatic carbocycles. The van der Waals surface area contributed by atoms with Gasteiger partial charge in [0.1, 0.15) is 10.6 Å². The number of hydrogen-bond acceptors (Lipinski definition) is 6. The first-order valence-corrected chi connectivity index (χ1v) is 9.90. The number of nitrogens with zero attached hydrogens (tertiary/aromatic N) is 4. The molecule has 0 saturated carbocycles. The van der Waals surface area contributed by atoms with Crippen LogP contribution in [-0.2, 0) is 12.8 Å². The summed E-state index contributed by atoms with van der Waals surface area (Å²) in [6.07, 6.45) is 10.3. The van der Waals surface area contributed by atoms with Crippen molar-refractivity contribution in [2.24, 2.45) is 5.92 Å². The fourth-order valence-corrected chi connectivity index (χ4v) is 4.90. The van der Waals surface area contributed by atoms with Crippen LogP contribution < -0.4 is 4.74 Å². The molecule has 0 spiro atoms. The monoisotopic (exact) mass is 374 g/mol. The molecule has 1 atom stereocenters. The van der Waals surface area contributed by atoms with Gasteiger partial charge in [-0.25, -0.2) is 4.98 Å². The molecule has 0 N–H and O–H groups in total. The highest BCUT2D eigenvalue weighted by atomic mass is 32.1. The molecular weight excluding hydrogens is 356 g/mol. The molecule has 1 aliphatic rings. The van der Waals surface area contributed by atoms with E-state index < -0.39 is 0 Å². The molecule has 0 radical (unpaired) electrons. The summed E-state index contributed by atoms with van der Waals surface area (Å²) >= 11 is 1.77. The zero-order valence-corrected chi connectivity index (χ0v) is 15.7. The molecule has 5 rings (SSSR count). The molecular formula is C21H18N4OS. The topological polar surface area (TPSA) is 60.8 Å². The number of fused-ring (bicyclic) bond motifs is 3. The van der Waals surface area contributed by atoms with E-state index in [0.29, 0.717) is 23.4 Å². The van der Waals surface area contributed by atoms with E-state index in [-0.39, 0.29) is 0 Å². The van der Waals surface area contributed by atoms with E-state index in [1.165, 1.54) is 16.9 Å². The van der Waals surface area contributed by atoms with Crippen LogP contribution in [0.2, 0.25) is 0 Å². The molecule has 134 valence electrons. The Labute approximate surface area is 161 Å². The standard InChI is InChI=1S/C21H18N4OS/c1-13-6-7-16-17(10-13)27-21-18(16)20(26-15-5-3-9-23-12-15)24-19(25-21)14-4-2-8-22-11-14/h2-5,8-9,11-13H,6-7,10H2,1H3/t13-/m0/s1. The van der Waals surface area contributed by atoms with E-state index in [0.717, 1.165) is 28.6 Å². The summed E-state index contributed by atoms with van der Waals surface area (Å²) in [6.45, 7) is 2.31. The third kappa shape index (κ3) is 3.06. The lowest BCUT2D eigenvalue weighted by Crippen LogP contribution is -2.08. The van der Waals surface area contributed by atoms with Gasteiger partial charge in [-0.05, 0) is 55.0 Å². The van der Waals surface area contributed by atoms with Crippen LogP contribution in [0.25, 0.3) is 21.6 Å². The lowest BCUT2D eigenvalue weighted by Gasteiger charge is -2.18. The van der Waals surface area contributed by atoms with Crippen LogP contribution in [0.3, 0.4) is 0 Å². The van der Waals surface area contributed by atoms with Gasteiger partial charge in [-0.1, -0.05) is 6.92 Å². The summed E-state index contributed by atoms with van der Waals surface area (Å²) in [7, 11) is 0. The van der Waals surface area contributed by atoms with Crippen molar-refractivity contribution in [3.63, 3.8) is 0 Å². The Bertz CT molecular complexity index is 1100. The number of thiophene rings is 1. The van der Waals surface area contributed by atoms with Gasteiger partial charge < -0.3 is 4.74 Å². The van der Waals surface area contributed by atoms with Gasteiger partial charge in [0, 0.05) is 29.0 Å². The van der Waals surface area contributed by atoms with Crippen molar-refractivity contribution < 1.29 is 4.74 Å². The Balaban J connectivity index is 1.71. The zero-order chi connectivity index (χ0) is 18.2. The third-order valence-electron chi connectivity index (χ3n) is 4.89. The minimum Gasteiger partial charge on any atom is -0.437 e. The lowest BCUT2D eigenvalue weighted by molar-refractivity contribution is 0.465. The van der Waals surface area contributed by atoms with Crippen LogP contribution in [0, 0.1) is 5.92 Å². The first-order chi connectivity index (χ1) is 13.3. The van der Waals surface area contributed by atoms with Crippen molar-refractivity contribution in [3.05, 3.63) is 59.5 Å². The molecule has 0 unspecified atom stereocenters. The first-order valence-electron chi connectivity index (χ1n) is 9.08. The number of ether oxygens (including phenoxy) is 1. The summed E-state index contributed by atoms with van der Waals surface area (Å²) in [4.78, 5) is 20.4. The van der Waals surface area contributed by atoms with Crippen molar-refractivity contribution in [3.8, 4) is 23.0 Å². The maximum absolute atomic E-state index is 6.18. The molecule has 0 aromatic carbocycles. The van der Waals surface area contributed by atoms with Gasteiger partial charge in [-0.3, -0.25) is 9.97 Å². The van der Waals surface area contributed by atoms with Crippen LogP contribution in [0.4, 0.5) is 0 Å². The molecule has 4 aromatic heterocycles. The Morgan fingerprint density at radius 1 is 1.07 bits per heavy atom. The quantitative estimate of drug-likeness (QED) is 0.501. The minimum atomic E-state index is 0.610. The fraction of sp³-hybridized carbons (Fsp3) is 0.238. The van der Waals surface area contributed by atoms with Crippen LogP contribution in [0.15, 0.2) is 49.1 Å². The number of pyridine rings is 2. The van der Waals surface area contributed by atoms with Gasteiger partial charge in [-0.2, -0.15) is 4.98 Å². The second-order valence-electron chi connectivity index (χ2n) is 6.92. The van der Waals surface area contributed by atoms with E-state index in [9.17, 15) is 0 Å². The van der Waals surface area contributed by atoms with Crippen molar-refractivity contribution in [2.45, 2.75) is 26.2 Å². The summed E-state index contributed by atoms with van der Waals surface area (Å²) in [6, 6.07) is 7.62. The Kier molecular flexibility index (Phi) is 4.05. The van der Waals surface area contributed by atoms with Gasteiger partial charge in [0.15, 0.2) is 5.82 Å². The third-order valence-corrected chi connectivity index (χ3v) is 6.04. The Morgan fingerprint density at radius 2 is 1.93 bits per heavy atom. The van der Waals surface area contributed by atoms with Gasteiger partial charge in [0.2, 0.25) is 5.88 Å². The molecule has 0 bridgehead atoms. The highest BCUT2D eigenvalue weighted by Gasteiger charge is 2.25. The number of hydrogen-bond donors (Lipinski definition) is 0. The largest absolute Gasteiger partial charge is 0.437 e. The maximum atomic E-state index is 6.18. The van der Waals surface area contributed by atoms with Gasteiger partial charge in [0.25, 0.3) is 0 Å². The zero-order valence-electron chi connectivity index (χ0n) is 14.9. The fourth-order valence-electron chi connectivity index (χ4n) is 3.53. The molecule has 27 heavy (non-hydrogen) atoms. The van der Waals surface area contributed by atoms with Crippen LogP contribution in [-0.4, -0.2) is 19.9 Å². The van der Waals surface area contributed by atoms with Crippen molar-refractivity contribution in [2.75, 3.05) is 0 Å². The molecule has 0 fully saturated rings. The highest BCUT2D eigenvalue weighted by Crippen LogP contribution is 2.42. The van der Waals surface area contributed by atoms with Crippen molar-refractivity contribution in [1.29, 1.82) is 0 Å². The second-order valence-corrected chi connectivity index (χ2v) is 8.00. The predicted octanol–water partition coefficient (Wildman–Crippen LogP) is 5.07. The Hall–Kier alpha value is -2.86. The highest BCUT2D eigenvalue weighted by molar-refractivity contribution is 7.18. The van der Waals surface area contributed by atoms with E-state index in [1.807, 2.05) is 24.3 Å². The minimum absolute atomic E-state index is 0.610. The molecule has 0 amide bonds. The Morgan fingerprint density at radius 3 is 2.70 bits per heavy atom. The summed E-state index contributed by atoms with van der Waals surface area (Å²) in [5.41, 5.74) is 2.24. The SMILES string of the molecule is C[C@H]1CCc2c(sc3nc(-c4cccnc4)nc(Oc4cccnc4)c23)C1. The second kappa shape index (κ2) is 6.70. The predicted molar refractivity (Wildman–Crippen MR) is 106 cm³/mol. The molecule has 0 aliphatic heterocycles. The molecule has 0 saturated heterocycles. The van der Waals surface area contributed by atoms with Crippen molar-refractivity contribution >= 4 is 21.6 Å². The molecule has 5 nitrogen and oxygen atoms in total. The van der Waals surface area contributed by atoms with E-state index in [4.69, 9.17) is 14.7 Å². The normalized spacial score (nSPS) is 16.3. The molecule has 4 heterocycles. The van der Waals surface area contributed by atoms with Crippen molar-refractivity contribution in [1.82, 2.24) is 19.9 Å². The number of rotatable bonds is 3. The van der Waals surface area contributed by atoms with Crippen LogP contribution in [0.5, 0.6) is 11.6 Å². The summed E-state index contributed by atoms with van der Waals surface area (Å²) in [5, 5.41) is 1.05. The maximum Gasteiger partial charge on any atom is 0.232 e. The van der Waals surface area contributed by atoms with Gasteiger partial charge in [-0.15, -0.1) is 11.3 Å². The molecule has 6 heteroatoms. The van der Waals surface area contributed by atoms with E-state index in [2.05, 4.69) is 16.9 Å². The average Bonchev–Trinajstić information content (AvgIpc) is 3.07. The summed E-state index contributed by atoms with van der Waals surface area (Å²) in [5.74, 6) is 2.64. The summed E-state index contributed by atoms with van der Waals surface area (Å²) < 4.78 is 6.18.